The molecule has 2 rings (SSSR count). The molecule has 1 saturated heterocycles. The summed E-state index contributed by atoms with van der Waals surface area (Å²) in [5.74, 6) is 0.0544. The van der Waals surface area contributed by atoms with E-state index >= 15 is 0 Å². The number of hydrogen-bond acceptors (Lipinski definition) is 2. The second-order valence-corrected chi connectivity index (χ2v) is 4.40. The summed E-state index contributed by atoms with van der Waals surface area (Å²) in [6.45, 7) is 3.37. The predicted molar refractivity (Wildman–Crippen MR) is 70.3 cm³/mol. The number of hydrogen-bond donors (Lipinski definition) is 0. The average molecular weight is 246 g/mol. The van der Waals surface area contributed by atoms with Crippen LogP contribution in [0, 0.1) is 0 Å². The van der Waals surface area contributed by atoms with E-state index in [2.05, 4.69) is 0 Å². The third-order valence-electron chi connectivity index (χ3n) is 3.16. The standard InChI is InChI=1S/C14H18N2O2/c1-2-13(17)15-9-6-10-16(14(18)11-15)12-7-4-3-5-8-12/h3-5,7-8H,2,6,9-11H2,1H3. The zero-order chi connectivity index (χ0) is 13.0. The molecule has 1 aromatic carbocycles. The number of rotatable bonds is 2. The number of carbonyl (C=O) groups is 2. The van der Waals surface area contributed by atoms with Gasteiger partial charge in [0.2, 0.25) is 11.8 Å². The number of amides is 2. The van der Waals surface area contributed by atoms with Gasteiger partial charge >= 0.3 is 0 Å². The minimum Gasteiger partial charge on any atom is -0.333 e. The highest BCUT2D eigenvalue weighted by Crippen LogP contribution is 2.16. The van der Waals surface area contributed by atoms with Crippen molar-refractivity contribution in [1.29, 1.82) is 0 Å². The number of nitrogens with zero attached hydrogens (tertiary/aromatic N) is 2. The van der Waals surface area contributed by atoms with E-state index in [0.717, 1.165) is 12.1 Å². The lowest BCUT2D eigenvalue weighted by atomic mass is 10.2. The maximum Gasteiger partial charge on any atom is 0.246 e. The van der Waals surface area contributed by atoms with Gasteiger partial charge in [-0.15, -0.1) is 0 Å². The fraction of sp³-hybridized carbons (Fsp3) is 0.429. The average Bonchev–Trinajstić information content (AvgIpc) is 2.60. The Balaban J connectivity index is 2.12. The van der Waals surface area contributed by atoms with E-state index in [-0.39, 0.29) is 18.4 Å². The van der Waals surface area contributed by atoms with Gasteiger partial charge < -0.3 is 9.80 Å². The van der Waals surface area contributed by atoms with Crippen LogP contribution in [0.1, 0.15) is 19.8 Å². The van der Waals surface area contributed by atoms with Crippen molar-refractivity contribution in [2.24, 2.45) is 0 Å². The van der Waals surface area contributed by atoms with E-state index in [1.807, 2.05) is 37.3 Å². The first-order chi connectivity index (χ1) is 8.72. The lowest BCUT2D eigenvalue weighted by molar-refractivity contribution is -0.134. The Morgan fingerprint density at radius 3 is 2.61 bits per heavy atom. The molecular weight excluding hydrogens is 228 g/mol. The van der Waals surface area contributed by atoms with Crippen LogP contribution in [0.15, 0.2) is 30.3 Å². The first kappa shape index (κ1) is 12.6. The summed E-state index contributed by atoms with van der Waals surface area (Å²) < 4.78 is 0. The molecule has 0 radical (unpaired) electrons. The minimum absolute atomic E-state index is 0.000463. The lowest BCUT2D eigenvalue weighted by Crippen LogP contribution is -2.39. The predicted octanol–water partition coefficient (Wildman–Crippen LogP) is 1.66. The fourth-order valence-corrected chi connectivity index (χ4v) is 2.19. The third-order valence-corrected chi connectivity index (χ3v) is 3.16. The Labute approximate surface area is 107 Å². The van der Waals surface area contributed by atoms with E-state index in [9.17, 15) is 9.59 Å². The number of para-hydroxylation sites is 1. The maximum atomic E-state index is 12.2. The van der Waals surface area contributed by atoms with Gasteiger partial charge in [-0.05, 0) is 18.6 Å². The molecule has 0 unspecified atom stereocenters. The van der Waals surface area contributed by atoms with E-state index in [0.29, 0.717) is 19.5 Å². The fourth-order valence-electron chi connectivity index (χ4n) is 2.19. The van der Waals surface area contributed by atoms with Crippen LogP contribution in [0.2, 0.25) is 0 Å². The monoisotopic (exact) mass is 246 g/mol. The molecule has 96 valence electrons. The van der Waals surface area contributed by atoms with Gasteiger partial charge in [-0.1, -0.05) is 25.1 Å². The van der Waals surface area contributed by atoms with Crippen molar-refractivity contribution in [3.8, 4) is 0 Å². The molecule has 4 nitrogen and oxygen atoms in total. The van der Waals surface area contributed by atoms with Crippen LogP contribution in [-0.2, 0) is 9.59 Å². The SMILES string of the molecule is CCC(=O)N1CCCN(c2ccccc2)C(=O)C1. The molecule has 1 fully saturated rings. The van der Waals surface area contributed by atoms with Gasteiger partial charge in [0.25, 0.3) is 0 Å². The molecule has 0 aliphatic carbocycles. The molecule has 0 bridgehead atoms. The van der Waals surface area contributed by atoms with Crippen LogP contribution in [-0.4, -0.2) is 36.3 Å². The van der Waals surface area contributed by atoms with Gasteiger partial charge in [0, 0.05) is 25.2 Å². The van der Waals surface area contributed by atoms with Crippen LogP contribution in [0.4, 0.5) is 5.69 Å². The van der Waals surface area contributed by atoms with Crippen LogP contribution >= 0.6 is 0 Å². The van der Waals surface area contributed by atoms with Gasteiger partial charge in [0.15, 0.2) is 0 Å². The zero-order valence-corrected chi connectivity index (χ0v) is 10.6. The van der Waals surface area contributed by atoms with Crippen LogP contribution in [0.5, 0.6) is 0 Å². The van der Waals surface area contributed by atoms with Crippen LogP contribution in [0.3, 0.4) is 0 Å². The quantitative estimate of drug-likeness (QED) is 0.796. The molecule has 1 aliphatic rings. The molecule has 1 aliphatic heterocycles. The summed E-state index contributed by atoms with van der Waals surface area (Å²) in [7, 11) is 0. The number of anilines is 1. The van der Waals surface area contributed by atoms with Crippen molar-refractivity contribution in [2.75, 3.05) is 24.5 Å². The lowest BCUT2D eigenvalue weighted by Gasteiger charge is -2.21. The van der Waals surface area contributed by atoms with Gasteiger partial charge in [-0.25, -0.2) is 0 Å². The highest BCUT2D eigenvalue weighted by atomic mass is 16.2. The second kappa shape index (κ2) is 5.67. The van der Waals surface area contributed by atoms with Gasteiger partial charge in [-0.2, -0.15) is 0 Å². The van der Waals surface area contributed by atoms with Gasteiger partial charge in [-0.3, -0.25) is 9.59 Å². The molecule has 0 atom stereocenters. The Morgan fingerprint density at radius 1 is 1.22 bits per heavy atom. The van der Waals surface area contributed by atoms with Crippen LogP contribution in [0.25, 0.3) is 0 Å². The summed E-state index contributed by atoms with van der Waals surface area (Å²) >= 11 is 0. The van der Waals surface area contributed by atoms with Gasteiger partial charge in [0.05, 0.1) is 0 Å². The Hall–Kier alpha value is -1.84. The van der Waals surface area contributed by atoms with Gasteiger partial charge in [0.1, 0.15) is 6.54 Å². The van der Waals surface area contributed by atoms with Crippen LogP contribution < -0.4 is 4.90 Å². The minimum atomic E-state index is 0.000463. The molecular formula is C14H18N2O2. The second-order valence-electron chi connectivity index (χ2n) is 4.40. The first-order valence-electron chi connectivity index (χ1n) is 6.35. The van der Waals surface area contributed by atoms with Crippen molar-refractivity contribution in [1.82, 2.24) is 4.90 Å². The van der Waals surface area contributed by atoms with Crippen molar-refractivity contribution in [3.63, 3.8) is 0 Å². The zero-order valence-electron chi connectivity index (χ0n) is 10.6. The summed E-state index contributed by atoms with van der Waals surface area (Å²) in [6.07, 6.45) is 1.28. The molecule has 4 heteroatoms. The molecule has 0 spiro atoms. The van der Waals surface area contributed by atoms with E-state index in [4.69, 9.17) is 0 Å². The Bertz CT molecular complexity index is 431. The van der Waals surface area contributed by atoms with Crippen molar-refractivity contribution in [3.05, 3.63) is 30.3 Å². The molecule has 1 aromatic rings. The number of benzene rings is 1. The van der Waals surface area contributed by atoms with E-state index < -0.39 is 0 Å². The van der Waals surface area contributed by atoms with Crippen molar-refractivity contribution in [2.45, 2.75) is 19.8 Å². The topological polar surface area (TPSA) is 40.6 Å². The molecule has 0 N–H and O–H groups in total. The summed E-state index contributed by atoms with van der Waals surface area (Å²) in [5.41, 5.74) is 0.910. The summed E-state index contributed by atoms with van der Waals surface area (Å²) in [4.78, 5) is 27.3. The third kappa shape index (κ3) is 2.70. The Morgan fingerprint density at radius 2 is 1.94 bits per heavy atom. The smallest absolute Gasteiger partial charge is 0.246 e. The molecule has 1 heterocycles. The summed E-state index contributed by atoms with van der Waals surface area (Å²) in [6, 6.07) is 9.62. The number of carbonyl (C=O) groups excluding carboxylic acids is 2. The maximum absolute atomic E-state index is 12.2. The van der Waals surface area contributed by atoms with Crippen molar-refractivity contribution >= 4 is 17.5 Å². The molecule has 18 heavy (non-hydrogen) atoms. The van der Waals surface area contributed by atoms with E-state index in [1.54, 1.807) is 9.80 Å². The molecule has 0 saturated carbocycles. The summed E-state index contributed by atoms with van der Waals surface area (Å²) in [5, 5.41) is 0. The molecule has 0 aromatic heterocycles. The molecule has 2 amide bonds. The highest BCUT2D eigenvalue weighted by Gasteiger charge is 2.24. The largest absolute Gasteiger partial charge is 0.333 e. The highest BCUT2D eigenvalue weighted by molar-refractivity contribution is 5.97. The normalized spacial score (nSPS) is 16.6. The van der Waals surface area contributed by atoms with E-state index in [1.165, 1.54) is 0 Å². The Kier molecular flexibility index (Phi) is 3.97. The first-order valence-corrected chi connectivity index (χ1v) is 6.35. The van der Waals surface area contributed by atoms with Crippen molar-refractivity contribution < 1.29 is 9.59 Å².